The van der Waals surface area contributed by atoms with E-state index in [0.29, 0.717) is 6.42 Å². The lowest BCUT2D eigenvalue weighted by Gasteiger charge is -2.15. The monoisotopic (exact) mass is 820 g/mol. The molecule has 0 spiro atoms. The van der Waals surface area contributed by atoms with E-state index in [1.807, 2.05) is 0 Å². The van der Waals surface area contributed by atoms with Crippen LogP contribution in [0.1, 0.15) is 181 Å². The smallest absolute Gasteiger partial charge is 0.463 e. The van der Waals surface area contributed by atoms with Crippen LogP contribution in [0.2, 0.25) is 0 Å². The molecule has 0 heterocycles. The molecule has 1 amide bonds. The Hall–Kier alpha value is -2.55. The van der Waals surface area contributed by atoms with Crippen molar-refractivity contribution in [1.82, 2.24) is 5.32 Å². The molecule has 0 saturated heterocycles. The van der Waals surface area contributed by atoms with E-state index < -0.39 is 26.5 Å². The van der Waals surface area contributed by atoms with E-state index in [1.54, 1.807) is 0 Å². The number of nitrogens with one attached hydrogen (secondary N) is 1. The quantitative estimate of drug-likeness (QED) is 0.0240. The first-order valence-electron chi connectivity index (χ1n) is 22.4. The van der Waals surface area contributed by atoms with Crippen molar-refractivity contribution in [3.8, 4) is 0 Å². The van der Waals surface area contributed by atoms with Crippen LogP contribution in [0.25, 0.3) is 0 Å². The van der Waals surface area contributed by atoms with Gasteiger partial charge < -0.3 is 20.1 Å². The Labute approximate surface area is 348 Å². The third-order valence-corrected chi connectivity index (χ3v) is 10.1. The average Bonchev–Trinajstić information content (AvgIpc) is 3.20. The molecule has 0 aliphatic carbocycles. The van der Waals surface area contributed by atoms with Crippen molar-refractivity contribution in [3.05, 3.63) is 72.9 Å². The molecule has 0 aliphatic heterocycles. The van der Waals surface area contributed by atoms with Gasteiger partial charge in [-0.25, -0.2) is 4.57 Å². The number of hydrogen-bond donors (Lipinski definition) is 3. The highest BCUT2D eigenvalue weighted by Crippen LogP contribution is 2.42. The summed E-state index contributed by atoms with van der Waals surface area (Å²) in [6.07, 6.45) is 52.5. The van der Waals surface area contributed by atoms with Gasteiger partial charge in [-0.3, -0.25) is 18.6 Å². The standard InChI is InChI=1S/C47H82NO8P/c1-3-5-7-9-11-13-15-17-19-21-22-24-26-28-30-32-34-36-38-40-47(51)54-43-45(49)44-56-57(52,53)55-42-41-48-46(50)39-37-35-33-31-29-27-25-23-20-18-16-14-12-10-8-6-4-2/h6,8,11-14,17-20,22,24,45,49H,3-5,7,9-10,15-16,21,23,25-44H2,1-2H3,(H,48,50)(H,52,53)/b8-6-,13-11-,14-12-,19-17-,20-18-,24-22-. The van der Waals surface area contributed by atoms with Gasteiger partial charge in [0.15, 0.2) is 0 Å². The minimum Gasteiger partial charge on any atom is -0.463 e. The van der Waals surface area contributed by atoms with Crippen molar-refractivity contribution in [2.75, 3.05) is 26.4 Å². The van der Waals surface area contributed by atoms with E-state index in [9.17, 15) is 24.2 Å². The van der Waals surface area contributed by atoms with Crippen LogP contribution in [0.4, 0.5) is 0 Å². The zero-order valence-corrected chi connectivity index (χ0v) is 36.9. The molecule has 0 rings (SSSR count). The van der Waals surface area contributed by atoms with E-state index in [-0.39, 0.29) is 32.1 Å². The Balaban J connectivity index is 3.64. The molecule has 0 aromatic rings. The minimum atomic E-state index is -4.43. The lowest BCUT2D eigenvalue weighted by atomic mass is 10.1. The molecule has 0 radical (unpaired) electrons. The molecule has 3 N–H and O–H groups in total. The first-order valence-corrected chi connectivity index (χ1v) is 23.9. The Morgan fingerprint density at radius 2 is 1.00 bits per heavy atom. The van der Waals surface area contributed by atoms with Gasteiger partial charge >= 0.3 is 13.8 Å². The van der Waals surface area contributed by atoms with Crippen LogP contribution in [-0.2, 0) is 27.9 Å². The Bertz CT molecular complexity index is 1160. The Morgan fingerprint density at radius 3 is 1.51 bits per heavy atom. The molecule has 2 atom stereocenters. The molecule has 0 fully saturated rings. The maximum absolute atomic E-state index is 12.1. The first-order chi connectivity index (χ1) is 27.8. The summed E-state index contributed by atoms with van der Waals surface area (Å²) in [6, 6.07) is 0. The Morgan fingerprint density at radius 1 is 0.561 bits per heavy atom. The van der Waals surface area contributed by atoms with Gasteiger partial charge in [-0.15, -0.1) is 0 Å². The van der Waals surface area contributed by atoms with Gasteiger partial charge in [-0.2, -0.15) is 0 Å². The molecule has 57 heavy (non-hydrogen) atoms. The predicted octanol–water partition coefficient (Wildman–Crippen LogP) is 12.7. The van der Waals surface area contributed by atoms with Gasteiger partial charge in [-0.05, 0) is 83.5 Å². The molecule has 0 saturated carbocycles. The summed E-state index contributed by atoms with van der Waals surface area (Å²) in [5, 5.41) is 12.7. The number of hydrogen-bond acceptors (Lipinski definition) is 7. The van der Waals surface area contributed by atoms with Crippen molar-refractivity contribution in [1.29, 1.82) is 0 Å². The summed E-state index contributed by atoms with van der Waals surface area (Å²) in [7, 11) is -4.43. The van der Waals surface area contributed by atoms with Gasteiger partial charge in [0.25, 0.3) is 0 Å². The number of amides is 1. The molecule has 0 bridgehead atoms. The number of aliphatic hydroxyl groups excluding tert-OH is 1. The van der Waals surface area contributed by atoms with Crippen LogP contribution in [0.5, 0.6) is 0 Å². The summed E-state index contributed by atoms with van der Waals surface area (Å²) in [6.45, 7) is 3.38. The lowest BCUT2D eigenvalue weighted by Crippen LogP contribution is -2.27. The molecule has 0 aliphatic rings. The molecular weight excluding hydrogens is 737 g/mol. The number of allylic oxidation sites excluding steroid dienone is 12. The second-order valence-corrected chi connectivity index (χ2v) is 16.1. The summed E-state index contributed by atoms with van der Waals surface area (Å²) >= 11 is 0. The number of esters is 1. The summed E-state index contributed by atoms with van der Waals surface area (Å²) in [5.74, 6) is -0.543. The van der Waals surface area contributed by atoms with E-state index in [0.717, 1.165) is 89.9 Å². The molecule has 328 valence electrons. The van der Waals surface area contributed by atoms with Gasteiger partial charge in [-0.1, -0.05) is 157 Å². The van der Waals surface area contributed by atoms with Gasteiger partial charge in [0.2, 0.25) is 5.91 Å². The van der Waals surface area contributed by atoms with Crippen molar-refractivity contribution in [2.24, 2.45) is 0 Å². The number of phosphoric ester groups is 1. The zero-order valence-electron chi connectivity index (χ0n) is 36.0. The fourth-order valence-electron chi connectivity index (χ4n) is 5.75. The lowest BCUT2D eigenvalue weighted by molar-refractivity contribution is -0.147. The number of phosphoric acid groups is 1. The van der Waals surface area contributed by atoms with E-state index in [2.05, 4.69) is 92.1 Å². The number of carbonyl (C=O) groups excluding carboxylic acids is 2. The minimum absolute atomic E-state index is 0.0707. The highest BCUT2D eigenvalue weighted by atomic mass is 31.2. The maximum Gasteiger partial charge on any atom is 0.472 e. The average molecular weight is 820 g/mol. The van der Waals surface area contributed by atoms with Crippen molar-refractivity contribution in [2.45, 2.75) is 187 Å². The molecule has 2 unspecified atom stereocenters. The summed E-state index contributed by atoms with van der Waals surface area (Å²) in [5.41, 5.74) is 0. The fraction of sp³-hybridized carbons (Fsp3) is 0.702. The van der Waals surface area contributed by atoms with Crippen LogP contribution in [0.15, 0.2) is 72.9 Å². The van der Waals surface area contributed by atoms with Crippen molar-refractivity contribution >= 4 is 19.7 Å². The van der Waals surface area contributed by atoms with Crippen LogP contribution < -0.4 is 5.32 Å². The second-order valence-electron chi connectivity index (χ2n) is 14.6. The first kappa shape index (κ1) is 54.5. The SMILES string of the molecule is CC/C=C\C/C=C\C/C=C\CCCCCCCCCC(=O)NCCOP(=O)(O)OCC(O)COC(=O)CCCCCCCC/C=C\C/C=C\C/C=C\CCCCC. The molecule has 0 aromatic heterocycles. The predicted molar refractivity (Wildman–Crippen MR) is 238 cm³/mol. The zero-order chi connectivity index (χ0) is 41.8. The van der Waals surface area contributed by atoms with E-state index in [1.165, 1.54) is 64.2 Å². The summed E-state index contributed by atoms with van der Waals surface area (Å²) < 4.78 is 26.9. The number of ether oxygens (including phenoxy) is 1. The molecule has 0 aromatic carbocycles. The van der Waals surface area contributed by atoms with Crippen molar-refractivity contribution < 1.29 is 37.9 Å². The molecule has 10 heteroatoms. The summed E-state index contributed by atoms with van der Waals surface area (Å²) in [4.78, 5) is 33.9. The number of carbonyl (C=O) groups is 2. The van der Waals surface area contributed by atoms with Gasteiger partial charge in [0.1, 0.15) is 12.7 Å². The fourth-order valence-corrected chi connectivity index (χ4v) is 6.51. The number of unbranched alkanes of at least 4 members (excludes halogenated alkanes) is 16. The Kier molecular flexibility index (Phi) is 41.1. The van der Waals surface area contributed by atoms with Crippen LogP contribution in [-0.4, -0.2) is 54.3 Å². The third kappa shape index (κ3) is 44.4. The third-order valence-electron chi connectivity index (χ3n) is 9.12. The maximum atomic E-state index is 12.1. The van der Waals surface area contributed by atoms with Crippen LogP contribution in [0.3, 0.4) is 0 Å². The van der Waals surface area contributed by atoms with Gasteiger partial charge in [0, 0.05) is 19.4 Å². The van der Waals surface area contributed by atoms with E-state index in [4.69, 9.17) is 13.8 Å². The second kappa shape index (κ2) is 43.0. The van der Waals surface area contributed by atoms with Crippen molar-refractivity contribution in [3.63, 3.8) is 0 Å². The highest BCUT2D eigenvalue weighted by molar-refractivity contribution is 7.47. The molecular formula is C47H82NO8P. The topological polar surface area (TPSA) is 131 Å². The highest BCUT2D eigenvalue weighted by Gasteiger charge is 2.23. The number of rotatable bonds is 41. The number of aliphatic hydroxyl groups is 1. The largest absolute Gasteiger partial charge is 0.472 e. The normalized spacial score (nSPS) is 14.0. The van der Waals surface area contributed by atoms with Gasteiger partial charge in [0.05, 0.1) is 13.2 Å². The van der Waals surface area contributed by atoms with Crippen LogP contribution >= 0.6 is 7.82 Å². The van der Waals surface area contributed by atoms with Crippen LogP contribution in [0, 0.1) is 0 Å². The molecule has 9 nitrogen and oxygen atoms in total. The van der Waals surface area contributed by atoms with E-state index >= 15 is 0 Å².